The van der Waals surface area contributed by atoms with Gasteiger partial charge in [0.1, 0.15) is 0 Å². The van der Waals surface area contributed by atoms with Gasteiger partial charge in [-0.25, -0.2) is 0 Å². The van der Waals surface area contributed by atoms with Gasteiger partial charge in [0.25, 0.3) is 0 Å². The fourth-order valence-corrected chi connectivity index (χ4v) is 3.70. The molecule has 0 saturated carbocycles. The summed E-state index contributed by atoms with van der Waals surface area (Å²) in [4.78, 5) is 1.27. The smallest absolute Gasteiger partial charge is 0.0597 e. The molecule has 0 fully saturated rings. The topological polar surface area (TPSA) is 0 Å². The fraction of sp³-hybridized carbons (Fsp3) is 1.00. The Morgan fingerprint density at radius 3 is 1.71 bits per heavy atom. The maximum absolute atomic E-state index is 3.48. The van der Waals surface area contributed by atoms with Gasteiger partial charge in [-0.3, -0.25) is 0 Å². The van der Waals surface area contributed by atoms with E-state index in [0.717, 1.165) is 0 Å². The second-order valence-electron chi connectivity index (χ2n) is 1.59. The third-order valence-electron chi connectivity index (χ3n) is 1.19. The van der Waals surface area contributed by atoms with Crippen molar-refractivity contribution >= 4 is 24.7 Å². The first-order valence-corrected chi connectivity index (χ1v) is 5.98. The minimum Gasteiger partial charge on any atom is -0.0964 e. The van der Waals surface area contributed by atoms with Crippen LogP contribution in [0.1, 0.15) is 13.8 Å². The van der Waals surface area contributed by atoms with Crippen LogP contribution in [0.25, 0.3) is 0 Å². The van der Waals surface area contributed by atoms with Crippen LogP contribution in [0.3, 0.4) is 0 Å². The number of hydrogen-bond acceptors (Lipinski definition) is 0. The Labute approximate surface area is 56.0 Å². The minimum absolute atomic E-state index is 0.0540. The van der Waals surface area contributed by atoms with Crippen molar-refractivity contribution in [2.24, 2.45) is 0 Å². The third-order valence-corrected chi connectivity index (χ3v) is 5.95. The normalized spacial score (nSPS) is 10.3. The van der Waals surface area contributed by atoms with Crippen LogP contribution in [0.5, 0.6) is 0 Å². The van der Waals surface area contributed by atoms with E-state index >= 15 is 0 Å². The van der Waals surface area contributed by atoms with Crippen LogP contribution in [0, 0.1) is 0 Å². The van der Waals surface area contributed by atoms with E-state index < -0.39 is 0 Å². The van der Waals surface area contributed by atoms with Gasteiger partial charge in [0, 0.05) is 0 Å². The molecule has 0 atom stereocenters. The van der Waals surface area contributed by atoms with E-state index in [9.17, 15) is 0 Å². The summed E-state index contributed by atoms with van der Waals surface area (Å²) >= 11 is 3.48. The maximum Gasteiger partial charge on any atom is 0.0597 e. The molecule has 0 amide bonds. The molecule has 7 heavy (non-hydrogen) atoms. The predicted octanol–water partition coefficient (Wildman–Crippen LogP) is 2.46. The second-order valence-corrected chi connectivity index (χ2v) is 6.45. The summed E-state index contributed by atoms with van der Waals surface area (Å²) in [6, 6.07) is 2.82. The summed E-state index contributed by atoms with van der Waals surface area (Å²) in [5.41, 5.74) is 0. The zero-order valence-corrected chi connectivity index (χ0v) is 7.59. The molecule has 0 N–H and O–H groups in total. The highest BCUT2D eigenvalue weighted by Gasteiger charge is 2.00. The number of halogens is 1. The Morgan fingerprint density at radius 2 is 1.71 bits per heavy atom. The Morgan fingerprint density at radius 1 is 1.29 bits per heavy atom. The molecule has 0 rings (SSSR count). The van der Waals surface area contributed by atoms with Gasteiger partial charge in [0.2, 0.25) is 0 Å². The van der Waals surface area contributed by atoms with Crippen molar-refractivity contribution < 1.29 is 0 Å². The first-order chi connectivity index (χ1) is 3.35. The minimum atomic E-state index is 0.0540. The van der Waals surface area contributed by atoms with Crippen LogP contribution >= 0.6 is 15.9 Å². The van der Waals surface area contributed by atoms with Gasteiger partial charge in [-0.15, -0.1) is 0 Å². The van der Waals surface area contributed by atoms with Gasteiger partial charge in [-0.2, -0.15) is 0 Å². The molecule has 0 unspecified atom stereocenters. The van der Waals surface area contributed by atoms with E-state index in [1.54, 1.807) is 0 Å². The highest BCUT2D eigenvalue weighted by molar-refractivity contribution is 9.09. The lowest BCUT2D eigenvalue weighted by molar-refractivity contribution is 1.31. The third kappa shape index (κ3) is 3.29. The number of rotatable bonds is 3. The molecule has 0 aliphatic carbocycles. The van der Waals surface area contributed by atoms with E-state index in [1.165, 1.54) is 17.0 Å². The standard InChI is InChI=1S/C5H12BrSi/c1-3-7(4-2)5-6/h3-5H2,1-2H3. The van der Waals surface area contributed by atoms with E-state index in [0.29, 0.717) is 0 Å². The van der Waals surface area contributed by atoms with Gasteiger partial charge >= 0.3 is 0 Å². The van der Waals surface area contributed by atoms with Crippen LogP contribution in [0.4, 0.5) is 0 Å². The molecule has 0 aromatic heterocycles. The van der Waals surface area contributed by atoms with E-state index in [1.807, 2.05) is 0 Å². The maximum atomic E-state index is 3.48. The summed E-state index contributed by atoms with van der Waals surface area (Å²) in [5.74, 6) is 0. The zero-order chi connectivity index (χ0) is 5.70. The fourth-order valence-electron chi connectivity index (χ4n) is 0.439. The SMILES string of the molecule is CC[Si](CC)CBr. The molecule has 1 radical (unpaired) electrons. The summed E-state index contributed by atoms with van der Waals surface area (Å²) in [6.45, 7) is 4.55. The van der Waals surface area contributed by atoms with Crippen molar-refractivity contribution in [3.63, 3.8) is 0 Å². The van der Waals surface area contributed by atoms with Gasteiger partial charge in [0.05, 0.1) is 8.80 Å². The Kier molecular flexibility index (Phi) is 5.33. The molecule has 43 valence electrons. The van der Waals surface area contributed by atoms with E-state index in [4.69, 9.17) is 0 Å². The van der Waals surface area contributed by atoms with Crippen LogP contribution in [0.15, 0.2) is 0 Å². The predicted molar refractivity (Wildman–Crippen MR) is 40.5 cm³/mol. The first kappa shape index (κ1) is 7.70. The Bertz CT molecular complexity index is 29.6. The van der Waals surface area contributed by atoms with Crippen molar-refractivity contribution in [1.82, 2.24) is 0 Å². The van der Waals surface area contributed by atoms with Crippen LogP contribution in [-0.2, 0) is 0 Å². The molecule has 2 heteroatoms. The monoisotopic (exact) mass is 179 g/mol. The van der Waals surface area contributed by atoms with Gasteiger partial charge in [0.15, 0.2) is 0 Å². The summed E-state index contributed by atoms with van der Waals surface area (Å²) < 4.78 is 0. The molecule has 0 aliphatic rings. The van der Waals surface area contributed by atoms with Crippen LogP contribution in [-0.4, -0.2) is 13.8 Å². The lowest BCUT2D eigenvalue weighted by Crippen LogP contribution is -2.10. The lowest BCUT2D eigenvalue weighted by Gasteiger charge is -2.01. The highest BCUT2D eigenvalue weighted by atomic mass is 79.9. The summed E-state index contributed by atoms with van der Waals surface area (Å²) in [5, 5.41) is 0. The summed E-state index contributed by atoms with van der Waals surface area (Å²) in [7, 11) is 0.0540. The molecule has 0 saturated heterocycles. The summed E-state index contributed by atoms with van der Waals surface area (Å²) in [6.07, 6.45) is 0. The molecule has 0 bridgehead atoms. The van der Waals surface area contributed by atoms with Crippen molar-refractivity contribution in [2.45, 2.75) is 25.9 Å². The average Bonchev–Trinajstić information content (AvgIpc) is 1.72. The van der Waals surface area contributed by atoms with Crippen LogP contribution in [0.2, 0.25) is 12.1 Å². The lowest BCUT2D eigenvalue weighted by atomic mass is 10.9. The average molecular weight is 180 g/mol. The quantitative estimate of drug-likeness (QED) is 0.462. The number of alkyl halides is 1. The van der Waals surface area contributed by atoms with Crippen molar-refractivity contribution in [2.75, 3.05) is 4.95 Å². The number of hydrogen-bond donors (Lipinski definition) is 0. The van der Waals surface area contributed by atoms with E-state index in [2.05, 4.69) is 29.8 Å². The van der Waals surface area contributed by atoms with Crippen molar-refractivity contribution in [3.8, 4) is 0 Å². The Hall–Kier alpha value is 0.697. The molecular formula is C5H12BrSi. The largest absolute Gasteiger partial charge is 0.0964 e. The Balaban J connectivity index is 2.99. The highest BCUT2D eigenvalue weighted by Crippen LogP contribution is 2.00. The van der Waals surface area contributed by atoms with Crippen LogP contribution < -0.4 is 0 Å². The van der Waals surface area contributed by atoms with Crippen molar-refractivity contribution in [3.05, 3.63) is 0 Å². The molecule has 0 nitrogen and oxygen atoms in total. The van der Waals surface area contributed by atoms with Gasteiger partial charge in [-0.1, -0.05) is 41.9 Å². The van der Waals surface area contributed by atoms with Crippen molar-refractivity contribution in [1.29, 1.82) is 0 Å². The van der Waals surface area contributed by atoms with Gasteiger partial charge in [-0.05, 0) is 4.95 Å². The zero-order valence-electron chi connectivity index (χ0n) is 5.00. The molecule has 0 aliphatic heterocycles. The van der Waals surface area contributed by atoms with E-state index in [-0.39, 0.29) is 8.80 Å². The molecule has 0 aromatic rings. The molecule has 0 spiro atoms. The molecule has 0 heterocycles. The van der Waals surface area contributed by atoms with Gasteiger partial charge < -0.3 is 0 Å². The molecular weight excluding hydrogens is 168 g/mol. The molecule has 0 aromatic carbocycles. The second kappa shape index (κ2) is 4.85. The first-order valence-electron chi connectivity index (χ1n) is 2.74.